The summed E-state index contributed by atoms with van der Waals surface area (Å²) in [4.78, 5) is 17.0. The third-order valence-corrected chi connectivity index (χ3v) is 4.87. The van der Waals surface area contributed by atoms with Crippen LogP contribution in [-0.4, -0.2) is 30.8 Å². The Bertz CT molecular complexity index is 793. The smallest absolute Gasteiger partial charge is 0.246 e. The largest absolute Gasteiger partial charge is 0.273 e. The second-order valence-electron chi connectivity index (χ2n) is 4.47. The van der Waals surface area contributed by atoms with Gasteiger partial charge in [0, 0.05) is 21.0 Å². The van der Waals surface area contributed by atoms with Crippen molar-refractivity contribution in [1.29, 1.82) is 0 Å². The van der Waals surface area contributed by atoms with Gasteiger partial charge in [-0.15, -0.1) is 11.8 Å². The SMILES string of the molecule is CC(Sc1ccnc2ccc(Br)cc12)C(=O)NS(C)(=O)=O. The molecule has 8 heteroatoms. The minimum absolute atomic E-state index is 0.538. The van der Waals surface area contributed by atoms with Crippen molar-refractivity contribution in [3.63, 3.8) is 0 Å². The fourth-order valence-electron chi connectivity index (χ4n) is 1.71. The van der Waals surface area contributed by atoms with Gasteiger partial charge >= 0.3 is 0 Å². The topological polar surface area (TPSA) is 76.1 Å². The second-order valence-corrected chi connectivity index (χ2v) is 8.52. The molecule has 5 nitrogen and oxygen atoms in total. The molecule has 2 rings (SSSR count). The van der Waals surface area contributed by atoms with Gasteiger partial charge in [0.15, 0.2) is 0 Å². The highest BCUT2D eigenvalue weighted by Crippen LogP contribution is 2.31. The molecule has 0 saturated heterocycles. The number of halogens is 1. The van der Waals surface area contributed by atoms with Gasteiger partial charge < -0.3 is 0 Å². The zero-order valence-electron chi connectivity index (χ0n) is 11.3. The number of sulfonamides is 1. The number of carbonyl (C=O) groups excluding carboxylic acids is 1. The highest BCUT2D eigenvalue weighted by molar-refractivity contribution is 9.10. The number of benzene rings is 1. The van der Waals surface area contributed by atoms with Crippen molar-refractivity contribution in [2.24, 2.45) is 0 Å². The molecule has 1 N–H and O–H groups in total. The van der Waals surface area contributed by atoms with Crippen LogP contribution < -0.4 is 4.72 Å². The van der Waals surface area contributed by atoms with E-state index in [0.717, 1.165) is 26.5 Å². The Labute approximate surface area is 135 Å². The maximum atomic E-state index is 11.8. The molecule has 1 atom stereocenters. The number of pyridine rings is 1. The Kier molecular flexibility index (Phi) is 4.90. The van der Waals surface area contributed by atoms with E-state index in [-0.39, 0.29) is 0 Å². The normalized spacial score (nSPS) is 13.1. The van der Waals surface area contributed by atoms with Crippen molar-refractivity contribution in [3.05, 3.63) is 34.9 Å². The number of fused-ring (bicyclic) bond motifs is 1. The molecule has 0 radical (unpaired) electrons. The lowest BCUT2D eigenvalue weighted by Crippen LogP contribution is -2.35. The van der Waals surface area contributed by atoms with Gasteiger partial charge in [-0.05, 0) is 31.2 Å². The maximum Gasteiger partial charge on any atom is 0.246 e. The molecule has 112 valence electrons. The summed E-state index contributed by atoms with van der Waals surface area (Å²) in [5.74, 6) is -0.539. The molecular weight excluding hydrogens is 376 g/mol. The number of nitrogens with zero attached hydrogens (tertiary/aromatic N) is 1. The Morgan fingerprint density at radius 3 is 2.76 bits per heavy atom. The van der Waals surface area contributed by atoms with E-state index in [2.05, 4.69) is 20.9 Å². The van der Waals surface area contributed by atoms with E-state index in [4.69, 9.17) is 0 Å². The standard InChI is InChI=1S/C13H13BrN2O3S2/c1-8(13(17)16-21(2,18)19)20-12-5-6-15-11-4-3-9(14)7-10(11)12/h3-8H,1-2H3,(H,16,17). The summed E-state index contributed by atoms with van der Waals surface area (Å²) >= 11 is 4.70. The molecule has 0 fully saturated rings. The molecule has 0 aliphatic rings. The molecule has 0 bridgehead atoms. The molecule has 1 amide bonds. The number of hydrogen-bond donors (Lipinski definition) is 1. The monoisotopic (exact) mass is 388 g/mol. The van der Waals surface area contributed by atoms with E-state index in [9.17, 15) is 13.2 Å². The van der Waals surface area contributed by atoms with Crippen molar-refractivity contribution in [2.45, 2.75) is 17.1 Å². The number of aromatic nitrogens is 1. The van der Waals surface area contributed by atoms with Crippen molar-refractivity contribution in [1.82, 2.24) is 9.71 Å². The summed E-state index contributed by atoms with van der Waals surface area (Å²) in [6.45, 7) is 1.66. The van der Waals surface area contributed by atoms with Gasteiger partial charge in [0.25, 0.3) is 0 Å². The van der Waals surface area contributed by atoms with E-state index in [1.54, 1.807) is 13.1 Å². The Balaban J connectivity index is 2.27. The third-order valence-electron chi connectivity index (χ3n) is 2.62. The van der Waals surface area contributed by atoms with Gasteiger partial charge in [0.05, 0.1) is 17.0 Å². The molecule has 0 aliphatic heterocycles. The van der Waals surface area contributed by atoms with Crippen molar-refractivity contribution in [2.75, 3.05) is 6.26 Å². The van der Waals surface area contributed by atoms with Crippen LogP contribution in [0, 0.1) is 0 Å². The molecule has 21 heavy (non-hydrogen) atoms. The van der Waals surface area contributed by atoms with Crippen LogP contribution in [-0.2, 0) is 14.8 Å². The van der Waals surface area contributed by atoms with Gasteiger partial charge in [0.2, 0.25) is 15.9 Å². The lowest BCUT2D eigenvalue weighted by Gasteiger charge is -2.12. The predicted octanol–water partition coefficient (Wildman–Crippen LogP) is 2.55. The fourth-order valence-corrected chi connectivity index (χ4v) is 3.66. The number of thioether (sulfide) groups is 1. The van der Waals surface area contributed by atoms with Crippen molar-refractivity contribution >= 4 is 54.5 Å². The second kappa shape index (κ2) is 6.33. The third kappa shape index (κ3) is 4.42. The first-order valence-corrected chi connectivity index (χ1v) is 9.55. The number of hydrogen-bond acceptors (Lipinski definition) is 5. The summed E-state index contributed by atoms with van der Waals surface area (Å²) in [5, 5.41) is 0.375. The molecule has 1 unspecified atom stereocenters. The number of amides is 1. The maximum absolute atomic E-state index is 11.8. The summed E-state index contributed by atoms with van der Waals surface area (Å²) in [6, 6.07) is 7.50. The van der Waals surface area contributed by atoms with E-state index < -0.39 is 21.2 Å². The quantitative estimate of drug-likeness (QED) is 0.814. The first-order valence-electron chi connectivity index (χ1n) is 5.99. The highest BCUT2D eigenvalue weighted by Gasteiger charge is 2.18. The molecular formula is C13H13BrN2O3S2. The van der Waals surface area contributed by atoms with Gasteiger partial charge in [-0.2, -0.15) is 0 Å². The lowest BCUT2D eigenvalue weighted by atomic mass is 10.2. The first kappa shape index (κ1) is 16.3. The van der Waals surface area contributed by atoms with E-state index in [1.807, 2.05) is 29.0 Å². The van der Waals surface area contributed by atoms with Crippen molar-refractivity contribution < 1.29 is 13.2 Å². The van der Waals surface area contributed by atoms with Crippen molar-refractivity contribution in [3.8, 4) is 0 Å². The van der Waals surface area contributed by atoms with Crippen LogP contribution in [0.5, 0.6) is 0 Å². The van der Waals surface area contributed by atoms with E-state index >= 15 is 0 Å². The molecule has 1 heterocycles. The minimum atomic E-state index is -3.54. The Hall–Kier alpha value is -1.12. The molecule has 1 aromatic heterocycles. The highest BCUT2D eigenvalue weighted by atomic mass is 79.9. The van der Waals surface area contributed by atoms with Crippen LogP contribution >= 0.6 is 27.7 Å². The van der Waals surface area contributed by atoms with Gasteiger partial charge in [-0.1, -0.05) is 15.9 Å². The van der Waals surface area contributed by atoms with Crippen LogP contribution in [0.1, 0.15) is 6.92 Å². The molecule has 2 aromatic rings. The van der Waals surface area contributed by atoms with Crippen LogP contribution in [0.15, 0.2) is 39.8 Å². The van der Waals surface area contributed by atoms with E-state index in [0.29, 0.717) is 0 Å². The molecule has 0 spiro atoms. The Morgan fingerprint density at radius 1 is 1.38 bits per heavy atom. The van der Waals surface area contributed by atoms with Crippen LogP contribution in [0.25, 0.3) is 10.9 Å². The lowest BCUT2D eigenvalue weighted by molar-refractivity contribution is -0.118. The summed E-state index contributed by atoms with van der Waals surface area (Å²) in [7, 11) is -3.54. The van der Waals surface area contributed by atoms with Gasteiger partial charge in [0.1, 0.15) is 0 Å². The van der Waals surface area contributed by atoms with Crippen LogP contribution in [0.4, 0.5) is 0 Å². The zero-order chi connectivity index (χ0) is 15.6. The number of carbonyl (C=O) groups is 1. The summed E-state index contributed by atoms with van der Waals surface area (Å²) in [6.07, 6.45) is 2.63. The zero-order valence-corrected chi connectivity index (χ0v) is 14.5. The molecule has 0 aliphatic carbocycles. The average Bonchev–Trinajstić information content (AvgIpc) is 2.37. The van der Waals surface area contributed by atoms with Gasteiger partial charge in [-0.3, -0.25) is 14.5 Å². The van der Waals surface area contributed by atoms with Gasteiger partial charge in [-0.25, -0.2) is 8.42 Å². The predicted molar refractivity (Wildman–Crippen MR) is 87.7 cm³/mol. The summed E-state index contributed by atoms with van der Waals surface area (Å²) in [5.41, 5.74) is 0.818. The average molecular weight is 389 g/mol. The Morgan fingerprint density at radius 2 is 2.10 bits per heavy atom. The fraction of sp³-hybridized carbons (Fsp3) is 0.231. The van der Waals surface area contributed by atoms with Crippen LogP contribution in [0.2, 0.25) is 0 Å². The number of nitrogens with one attached hydrogen (secondary N) is 1. The molecule has 0 saturated carbocycles. The van der Waals surface area contributed by atoms with Crippen LogP contribution in [0.3, 0.4) is 0 Å². The summed E-state index contributed by atoms with van der Waals surface area (Å²) < 4.78 is 25.1. The first-order chi connectivity index (χ1) is 9.76. The minimum Gasteiger partial charge on any atom is -0.273 e. The number of rotatable bonds is 4. The molecule has 1 aromatic carbocycles. The van der Waals surface area contributed by atoms with E-state index in [1.165, 1.54) is 11.8 Å².